The fourth-order valence-electron chi connectivity index (χ4n) is 3.01. The van der Waals surface area contributed by atoms with Crippen LogP contribution in [0.5, 0.6) is 5.75 Å². The minimum Gasteiger partial charge on any atom is -0.496 e. The van der Waals surface area contributed by atoms with E-state index in [1.807, 2.05) is 36.5 Å². The SMILES string of the molecule is COc1ccc(-c2cc3ccncc3[nH]2)cc1C(N)c1cccnc1. The Bertz CT molecular complexity index is 978. The average molecular weight is 330 g/mol. The third-order valence-electron chi connectivity index (χ3n) is 4.34. The number of aromatic amines is 1. The number of H-pyrrole nitrogens is 1. The molecule has 1 unspecified atom stereocenters. The predicted octanol–water partition coefficient (Wildman–Crippen LogP) is 3.68. The van der Waals surface area contributed by atoms with E-state index in [2.05, 4.69) is 27.1 Å². The maximum atomic E-state index is 6.47. The van der Waals surface area contributed by atoms with E-state index < -0.39 is 0 Å². The summed E-state index contributed by atoms with van der Waals surface area (Å²) in [6.45, 7) is 0. The summed E-state index contributed by atoms with van der Waals surface area (Å²) in [5.41, 5.74) is 11.4. The van der Waals surface area contributed by atoms with Gasteiger partial charge in [0, 0.05) is 35.2 Å². The van der Waals surface area contributed by atoms with E-state index in [0.717, 1.165) is 39.0 Å². The quantitative estimate of drug-likeness (QED) is 0.598. The molecule has 25 heavy (non-hydrogen) atoms. The van der Waals surface area contributed by atoms with Gasteiger partial charge in [0.2, 0.25) is 0 Å². The van der Waals surface area contributed by atoms with E-state index in [4.69, 9.17) is 10.5 Å². The molecule has 3 heterocycles. The number of pyridine rings is 2. The number of nitrogens with one attached hydrogen (secondary N) is 1. The minimum atomic E-state index is -0.311. The summed E-state index contributed by atoms with van der Waals surface area (Å²) in [5.74, 6) is 0.762. The van der Waals surface area contributed by atoms with Crippen LogP contribution in [0, 0.1) is 0 Å². The van der Waals surface area contributed by atoms with Crippen molar-refractivity contribution in [2.24, 2.45) is 5.73 Å². The molecular weight excluding hydrogens is 312 g/mol. The van der Waals surface area contributed by atoms with E-state index in [-0.39, 0.29) is 6.04 Å². The highest BCUT2D eigenvalue weighted by Crippen LogP contribution is 2.33. The number of methoxy groups -OCH3 is 1. The van der Waals surface area contributed by atoms with Gasteiger partial charge in [-0.15, -0.1) is 0 Å². The fourth-order valence-corrected chi connectivity index (χ4v) is 3.01. The molecule has 0 bridgehead atoms. The molecule has 0 radical (unpaired) electrons. The van der Waals surface area contributed by atoms with Crippen molar-refractivity contribution < 1.29 is 4.74 Å². The van der Waals surface area contributed by atoms with Gasteiger partial charge in [-0.2, -0.15) is 0 Å². The van der Waals surface area contributed by atoms with Gasteiger partial charge in [0.1, 0.15) is 5.75 Å². The first-order valence-corrected chi connectivity index (χ1v) is 8.03. The van der Waals surface area contributed by atoms with Crippen molar-refractivity contribution in [3.8, 4) is 17.0 Å². The molecule has 0 spiro atoms. The van der Waals surface area contributed by atoms with E-state index in [1.54, 1.807) is 25.7 Å². The molecule has 1 atom stereocenters. The lowest BCUT2D eigenvalue weighted by atomic mass is 9.97. The smallest absolute Gasteiger partial charge is 0.124 e. The summed E-state index contributed by atoms with van der Waals surface area (Å²) in [6, 6.07) is 13.7. The summed E-state index contributed by atoms with van der Waals surface area (Å²) in [5, 5.41) is 1.12. The molecule has 4 aromatic rings. The summed E-state index contributed by atoms with van der Waals surface area (Å²) in [4.78, 5) is 11.7. The van der Waals surface area contributed by atoms with Crippen LogP contribution in [0.3, 0.4) is 0 Å². The van der Waals surface area contributed by atoms with Crippen LogP contribution >= 0.6 is 0 Å². The van der Waals surface area contributed by atoms with Crippen LogP contribution in [0.1, 0.15) is 17.2 Å². The zero-order valence-electron chi connectivity index (χ0n) is 13.8. The van der Waals surface area contributed by atoms with Crippen molar-refractivity contribution in [2.45, 2.75) is 6.04 Å². The lowest BCUT2D eigenvalue weighted by molar-refractivity contribution is 0.408. The number of nitrogens with zero attached hydrogens (tertiary/aromatic N) is 2. The largest absolute Gasteiger partial charge is 0.496 e. The van der Waals surface area contributed by atoms with Crippen molar-refractivity contribution >= 4 is 10.9 Å². The van der Waals surface area contributed by atoms with Crippen LogP contribution in [-0.4, -0.2) is 22.1 Å². The summed E-state index contributed by atoms with van der Waals surface area (Å²) in [6.07, 6.45) is 7.14. The van der Waals surface area contributed by atoms with Crippen LogP contribution in [0.2, 0.25) is 0 Å². The van der Waals surface area contributed by atoms with Gasteiger partial charge in [-0.1, -0.05) is 6.07 Å². The van der Waals surface area contributed by atoms with Crippen LogP contribution in [0.15, 0.2) is 67.3 Å². The molecule has 3 N–H and O–H groups in total. The molecule has 0 fully saturated rings. The molecule has 0 saturated heterocycles. The zero-order chi connectivity index (χ0) is 17.2. The Kier molecular flexibility index (Phi) is 3.91. The molecule has 3 aromatic heterocycles. The lowest BCUT2D eigenvalue weighted by Crippen LogP contribution is -2.13. The van der Waals surface area contributed by atoms with Gasteiger partial charge in [-0.3, -0.25) is 9.97 Å². The van der Waals surface area contributed by atoms with Crippen LogP contribution < -0.4 is 10.5 Å². The van der Waals surface area contributed by atoms with E-state index >= 15 is 0 Å². The fraction of sp³-hybridized carbons (Fsp3) is 0.100. The van der Waals surface area contributed by atoms with Gasteiger partial charge in [0.05, 0.1) is 24.9 Å². The number of ether oxygens (including phenoxy) is 1. The zero-order valence-corrected chi connectivity index (χ0v) is 13.8. The van der Waals surface area contributed by atoms with E-state index in [0.29, 0.717) is 0 Å². The average Bonchev–Trinajstić information content (AvgIpc) is 3.12. The summed E-state index contributed by atoms with van der Waals surface area (Å²) >= 11 is 0. The standard InChI is InChI=1S/C20H18N4O/c1-25-19-5-4-13(17-10-14-6-8-23-12-18(14)24-17)9-16(19)20(21)15-3-2-7-22-11-15/h2-12,20,24H,21H2,1H3. The van der Waals surface area contributed by atoms with Crippen molar-refractivity contribution in [2.75, 3.05) is 7.11 Å². The highest BCUT2D eigenvalue weighted by Gasteiger charge is 2.16. The number of hydrogen-bond donors (Lipinski definition) is 2. The van der Waals surface area contributed by atoms with Gasteiger partial charge in [-0.05, 0) is 47.5 Å². The van der Waals surface area contributed by atoms with Crippen LogP contribution in [0.4, 0.5) is 0 Å². The Morgan fingerprint density at radius 3 is 2.68 bits per heavy atom. The monoisotopic (exact) mass is 330 g/mol. The second-order valence-electron chi connectivity index (χ2n) is 5.87. The molecule has 0 aliphatic carbocycles. The molecule has 0 aliphatic rings. The van der Waals surface area contributed by atoms with Crippen molar-refractivity contribution in [1.29, 1.82) is 0 Å². The maximum Gasteiger partial charge on any atom is 0.124 e. The van der Waals surface area contributed by atoms with E-state index in [1.165, 1.54) is 0 Å². The first kappa shape index (κ1) is 15.4. The van der Waals surface area contributed by atoms with Gasteiger partial charge in [0.15, 0.2) is 0 Å². The van der Waals surface area contributed by atoms with Crippen LogP contribution in [-0.2, 0) is 0 Å². The van der Waals surface area contributed by atoms with Gasteiger partial charge in [0.25, 0.3) is 0 Å². The third kappa shape index (κ3) is 2.86. The number of rotatable bonds is 4. The molecule has 0 saturated carbocycles. The molecule has 4 rings (SSSR count). The topological polar surface area (TPSA) is 76.8 Å². The van der Waals surface area contributed by atoms with Gasteiger partial charge in [-0.25, -0.2) is 0 Å². The predicted molar refractivity (Wildman–Crippen MR) is 98.3 cm³/mol. The number of fused-ring (bicyclic) bond motifs is 1. The first-order valence-electron chi connectivity index (χ1n) is 8.03. The number of aromatic nitrogens is 3. The van der Waals surface area contributed by atoms with E-state index in [9.17, 15) is 0 Å². The molecule has 5 nitrogen and oxygen atoms in total. The normalized spacial score (nSPS) is 12.2. The molecule has 0 amide bonds. The van der Waals surface area contributed by atoms with Crippen molar-refractivity contribution in [3.63, 3.8) is 0 Å². The lowest BCUT2D eigenvalue weighted by Gasteiger charge is -2.17. The van der Waals surface area contributed by atoms with Gasteiger partial charge < -0.3 is 15.5 Å². The molecule has 124 valence electrons. The van der Waals surface area contributed by atoms with Gasteiger partial charge >= 0.3 is 0 Å². The molecule has 1 aromatic carbocycles. The first-order chi connectivity index (χ1) is 12.3. The molecule has 0 aliphatic heterocycles. The number of benzene rings is 1. The van der Waals surface area contributed by atoms with Crippen LogP contribution in [0.25, 0.3) is 22.2 Å². The van der Waals surface area contributed by atoms with Crippen molar-refractivity contribution in [3.05, 3.63) is 78.4 Å². The van der Waals surface area contributed by atoms with Crippen molar-refractivity contribution in [1.82, 2.24) is 15.0 Å². The Labute approximate surface area is 145 Å². The highest BCUT2D eigenvalue weighted by molar-refractivity contribution is 5.85. The Morgan fingerprint density at radius 1 is 1.04 bits per heavy atom. The number of hydrogen-bond acceptors (Lipinski definition) is 4. The Balaban J connectivity index is 1.80. The second-order valence-corrected chi connectivity index (χ2v) is 5.87. The second kappa shape index (κ2) is 6.37. The Hall–Kier alpha value is -3.18. The molecular formula is C20H18N4O. The minimum absolute atomic E-state index is 0.311. The molecule has 5 heteroatoms. The summed E-state index contributed by atoms with van der Waals surface area (Å²) < 4.78 is 5.52. The Morgan fingerprint density at radius 2 is 1.92 bits per heavy atom. The summed E-state index contributed by atoms with van der Waals surface area (Å²) in [7, 11) is 1.66. The highest BCUT2D eigenvalue weighted by atomic mass is 16.5. The third-order valence-corrected chi connectivity index (χ3v) is 4.34. The number of nitrogens with two attached hydrogens (primary N) is 1. The maximum absolute atomic E-state index is 6.47.